The molecule has 39 heavy (non-hydrogen) atoms. The zero-order valence-corrected chi connectivity index (χ0v) is 23.3. The summed E-state index contributed by atoms with van der Waals surface area (Å²) >= 11 is 13.6. The molecule has 9 heteroatoms. The first-order valence-electron chi connectivity index (χ1n) is 12.7. The van der Waals surface area contributed by atoms with Crippen molar-refractivity contribution in [2.75, 3.05) is 6.54 Å². The van der Waals surface area contributed by atoms with Crippen LogP contribution < -0.4 is 4.74 Å². The average molecular weight is 561 g/mol. The predicted molar refractivity (Wildman–Crippen MR) is 151 cm³/mol. The number of hydrogen-bond donors (Lipinski definition) is 1. The highest BCUT2D eigenvalue weighted by Crippen LogP contribution is 2.42. The summed E-state index contributed by atoms with van der Waals surface area (Å²) in [4.78, 5) is 23.8. The van der Waals surface area contributed by atoms with Gasteiger partial charge in [0, 0.05) is 39.8 Å². The number of carbonyl (C=O) groups is 1. The molecular weight excluding hydrogens is 535 g/mol. The van der Waals surface area contributed by atoms with Gasteiger partial charge in [0.05, 0.1) is 34.0 Å². The molecule has 1 aliphatic rings. The largest absolute Gasteiger partial charge is 0.473 e. The Kier molecular flexibility index (Phi) is 6.57. The highest BCUT2D eigenvalue weighted by molar-refractivity contribution is 6.39. The molecule has 0 saturated carbocycles. The average Bonchev–Trinajstić information content (AvgIpc) is 3.55. The lowest BCUT2D eigenvalue weighted by atomic mass is 9.92. The lowest BCUT2D eigenvalue weighted by molar-refractivity contribution is 0.0726. The number of rotatable bonds is 6. The summed E-state index contributed by atoms with van der Waals surface area (Å²) in [6.07, 6.45) is 2.46. The van der Waals surface area contributed by atoms with Crippen molar-refractivity contribution in [1.82, 2.24) is 20.0 Å². The van der Waals surface area contributed by atoms with Crippen molar-refractivity contribution in [2.45, 2.75) is 40.3 Å². The molecule has 0 saturated heterocycles. The van der Waals surface area contributed by atoms with E-state index in [0.29, 0.717) is 64.6 Å². The lowest BCUT2D eigenvalue weighted by Gasteiger charge is -2.31. The summed E-state index contributed by atoms with van der Waals surface area (Å²) in [6, 6.07) is 13.7. The van der Waals surface area contributed by atoms with Crippen LogP contribution in [0, 0.1) is 20.8 Å². The number of ether oxygens (including phenoxy) is 1. The number of nitrogens with one attached hydrogen (secondary N) is 1. The number of hydrogen-bond acceptors (Lipinski definition) is 5. The summed E-state index contributed by atoms with van der Waals surface area (Å²) in [5.41, 5.74) is 6.88. The maximum absolute atomic E-state index is 14.0. The number of amides is 1. The highest BCUT2D eigenvalue weighted by Gasteiger charge is 2.32. The number of pyridine rings is 1. The van der Waals surface area contributed by atoms with Gasteiger partial charge in [-0.1, -0.05) is 58.7 Å². The Hall–Kier alpha value is -3.81. The molecule has 0 radical (unpaired) electrons. The fraction of sp³-hybridized carbons (Fsp3) is 0.233. The molecule has 0 bridgehead atoms. The molecule has 0 fully saturated rings. The highest BCUT2D eigenvalue weighted by atomic mass is 35.5. The molecule has 1 amide bonds. The second-order valence-electron chi connectivity index (χ2n) is 9.77. The van der Waals surface area contributed by atoms with Crippen LogP contribution in [0.3, 0.4) is 0 Å². The van der Waals surface area contributed by atoms with E-state index in [1.165, 1.54) is 0 Å². The van der Waals surface area contributed by atoms with Gasteiger partial charge in [-0.2, -0.15) is 0 Å². The Morgan fingerprint density at radius 3 is 2.62 bits per heavy atom. The Labute approximate surface area is 235 Å². The van der Waals surface area contributed by atoms with Crippen LogP contribution >= 0.6 is 23.2 Å². The number of nitrogens with zero attached hydrogens (tertiary/aromatic N) is 3. The summed E-state index contributed by atoms with van der Waals surface area (Å²) in [7, 11) is 0. The third-order valence-corrected chi connectivity index (χ3v) is 8.01. The minimum atomic E-state index is -0.185. The van der Waals surface area contributed by atoms with Crippen LogP contribution in [0.5, 0.6) is 5.88 Å². The number of halogens is 2. The van der Waals surface area contributed by atoms with E-state index in [2.05, 4.69) is 10.1 Å². The molecular formula is C30H26Cl2N4O3. The van der Waals surface area contributed by atoms with Crippen LogP contribution in [0.4, 0.5) is 0 Å². The molecule has 1 N–H and O–H groups in total. The number of H-pyrrole nitrogens is 1. The van der Waals surface area contributed by atoms with E-state index in [4.69, 9.17) is 37.4 Å². The van der Waals surface area contributed by atoms with Gasteiger partial charge in [-0.3, -0.25) is 4.79 Å². The lowest BCUT2D eigenvalue weighted by Crippen LogP contribution is -2.37. The maximum Gasteiger partial charge on any atom is 0.256 e. The van der Waals surface area contributed by atoms with Crippen molar-refractivity contribution in [3.63, 3.8) is 0 Å². The van der Waals surface area contributed by atoms with Crippen molar-refractivity contribution in [2.24, 2.45) is 0 Å². The Morgan fingerprint density at radius 1 is 1.08 bits per heavy atom. The van der Waals surface area contributed by atoms with E-state index < -0.39 is 0 Å². The molecule has 3 aromatic heterocycles. The molecule has 198 valence electrons. The van der Waals surface area contributed by atoms with Crippen LogP contribution in [0.1, 0.15) is 44.2 Å². The first kappa shape index (κ1) is 25.5. The van der Waals surface area contributed by atoms with Gasteiger partial charge in [-0.05, 0) is 50.5 Å². The SMILES string of the molecule is Cc1noc(C)c1-c1cc(Cl)c2c(c1Cl)C(=O)N(Cc1c(OCc3ccccc3)nc(C)c3[nH]ccc13)CC2. The quantitative estimate of drug-likeness (QED) is 0.237. The van der Waals surface area contributed by atoms with Gasteiger partial charge in [0.1, 0.15) is 12.4 Å². The van der Waals surface area contributed by atoms with E-state index >= 15 is 0 Å². The summed E-state index contributed by atoms with van der Waals surface area (Å²) in [5.74, 6) is 0.942. The molecule has 0 atom stereocenters. The van der Waals surface area contributed by atoms with Crippen molar-refractivity contribution in [3.05, 3.63) is 98.1 Å². The number of aromatic nitrogens is 3. The Balaban J connectivity index is 1.38. The van der Waals surface area contributed by atoms with E-state index in [-0.39, 0.29) is 5.91 Å². The van der Waals surface area contributed by atoms with Crippen LogP contribution in [0.15, 0.2) is 53.2 Å². The first-order valence-corrected chi connectivity index (χ1v) is 13.5. The normalized spacial score (nSPS) is 13.3. The van der Waals surface area contributed by atoms with E-state index in [9.17, 15) is 4.79 Å². The number of aromatic amines is 1. The predicted octanol–water partition coefficient (Wildman–Crippen LogP) is 7.23. The Bertz CT molecular complexity index is 1710. The van der Waals surface area contributed by atoms with Gasteiger partial charge in [-0.25, -0.2) is 4.98 Å². The fourth-order valence-corrected chi connectivity index (χ4v) is 5.98. The molecule has 0 aliphatic carbocycles. The summed E-state index contributed by atoms with van der Waals surface area (Å²) in [5, 5.41) is 5.88. The van der Waals surface area contributed by atoms with E-state index in [1.54, 1.807) is 11.0 Å². The zero-order valence-electron chi connectivity index (χ0n) is 21.8. The molecule has 0 unspecified atom stereocenters. The summed E-state index contributed by atoms with van der Waals surface area (Å²) < 4.78 is 11.6. The molecule has 4 heterocycles. The molecule has 5 aromatic rings. The second kappa shape index (κ2) is 10.1. The Morgan fingerprint density at radius 2 is 1.87 bits per heavy atom. The fourth-order valence-electron chi connectivity index (χ4n) is 5.34. The van der Waals surface area contributed by atoms with Crippen molar-refractivity contribution in [3.8, 4) is 17.0 Å². The van der Waals surface area contributed by atoms with Crippen molar-refractivity contribution < 1.29 is 14.1 Å². The van der Waals surface area contributed by atoms with Crippen LogP contribution in [-0.4, -0.2) is 32.5 Å². The van der Waals surface area contributed by atoms with E-state index in [0.717, 1.165) is 38.9 Å². The molecule has 1 aliphatic heterocycles. The first-order chi connectivity index (χ1) is 18.8. The smallest absolute Gasteiger partial charge is 0.256 e. The van der Waals surface area contributed by atoms with Gasteiger partial charge >= 0.3 is 0 Å². The molecule has 2 aromatic carbocycles. The van der Waals surface area contributed by atoms with Crippen LogP contribution in [-0.2, 0) is 19.6 Å². The topological polar surface area (TPSA) is 84.2 Å². The molecule has 6 rings (SSSR count). The van der Waals surface area contributed by atoms with Crippen molar-refractivity contribution >= 4 is 40.0 Å². The second-order valence-corrected chi connectivity index (χ2v) is 10.6. The molecule has 7 nitrogen and oxygen atoms in total. The number of aryl methyl sites for hydroxylation is 3. The van der Waals surface area contributed by atoms with Gasteiger partial charge < -0.3 is 19.1 Å². The molecule has 0 spiro atoms. The third-order valence-electron chi connectivity index (χ3n) is 7.28. The minimum absolute atomic E-state index is 0.185. The van der Waals surface area contributed by atoms with Gasteiger partial charge in [0.25, 0.3) is 5.91 Å². The van der Waals surface area contributed by atoms with Crippen molar-refractivity contribution in [1.29, 1.82) is 0 Å². The number of fused-ring (bicyclic) bond motifs is 2. The number of benzene rings is 2. The van der Waals surface area contributed by atoms with Gasteiger partial charge in [-0.15, -0.1) is 0 Å². The van der Waals surface area contributed by atoms with E-state index in [1.807, 2.05) is 63.4 Å². The minimum Gasteiger partial charge on any atom is -0.473 e. The van der Waals surface area contributed by atoms with Gasteiger partial charge in [0.2, 0.25) is 5.88 Å². The number of carbonyl (C=O) groups excluding carboxylic acids is 1. The van der Waals surface area contributed by atoms with Gasteiger partial charge in [0.15, 0.2) is 0 Å². The van der Waals surface area contributed by atoms with Crippen LogP contribution in [0.2, 0.25) is 10.0 Å². The standard InChI is InChI=1S/C30H26Cl2N4O3/c1-16-25(18(3)39-35-16)22-13-24(31)21-10-12-36(30(37)26(21)27(22)32)14-23-20-9-11-33-28(20)17(2)34-29(23)38-15-19-7-5-4-6-8-19/h4-9,11,13,33H,10,12,14-15H2,1-3H3. The summed E-state index contributed by atoms with van der Waals surface area (Å²) in [6.45, 7) is 6.77. The van der Waals surface area contributed by atoms with Crippen LogP contribution in [0.25, 0.3) is 22.0 Å². The zero-order chi connectivity index (χ0) is 27.3. The third kappa shape index (κ3) is 4.45. The maximum atomic E-state index is 14.0. The monoisotopic (exact) mass is 560 g/mol.